The molecule has 2 rings (SSSR count). The lowest BCUT2D eigenvalue weighted by molar-refractivity contribution is -0.234. The second-order valence-electron chi connectivity index (χ2n) is 4.97. The topological polar surface area (TPSA) is 146 Å². The number of hydrogen-bond acceptors (Lipinski definition) is 7. The number of carbonyl (C=O) groups excluding carboxylic acids is 1. The average molecular weight is 291 g/mol. The molecule has 114 valence electrons. The van der Waals surface area contributed by atoms with Gasteiger partial charge in [-0.2, -0.15) is 0 Å². The summed E-state index contributed by atoms with van der Waals surface area (Å²) in [4.78, 5) is 22.4. The van der Waals surface area contributed by atoms with Crippen LogP contribution in [0.2, 0.25) is 0 Å². The maximum atomic E-state index is 11.3. The Kier molecular flexibility index (Phi) is 3.98. The zero-order chi connectivity index (χ0) is 15.1. The Balaban J connectivity index is 2.30. The van der Waals surface area contributed by atoms with E-state index in [1.54, 1.807) is 0 Å². The van der Waals surface area contributed by atoms with E-state index in [1.165, 1.54) is 6.92 Å². The SMILES string of the molecule is CC(=O)NC1C(O)CC2(C(=O)O)OC(C(O)CO)C1O2. The van der Waals surface area contributed by atoms with Gasteiger partial charge in [0.2, 0.25) is 5.91 Å². The first-order valence-electron chi connectivity index (χ1n) is 6.14. The van der Waals surface area contributed by atoms with Gasteiger partial charge in [-0.3, -0.25) is 4.79 Å². The molecule has 2 aliphatic rings. The van der Waals surface area contributed by atoms with Crippen LogP contribution in [-0.2, 0) is 19.1 Å². The fourth-order valence-electron chi connectivity index (χ4n) is 2.60. The van der Waals surface area contributed by atoms with Crippen LogP contribution in [-0.4, -0.2) is 75.2 Å². The molecule has 9 nitrogen and oxygen atoms in total. The Labute approximate surface area is 114 Å². The molecule has 0 spiro atoms. The number of amides is 1. The van der Waals surface area contributed by atoms with Crippen molar-refractivity contribution in [2.45, 2.75) is 49.6 Å². The quantitative estimate of drug-likeness (QED) is 0.373. The number of carboxylic acids is 1. The zero-order valence-corrected chi connectivity index (χ0v) is 10.7. The van der Waals surface area contributed by atoms with Crippen molar-refractivity contribution in [1.82, 2.24) is 5.32 Å². The predicted octanol–water partition coefficient (Wildman–Crippen LogP) is -2.83. The van der Waals surface area contributed by atoms with Gasteiger partial charge in [0.1, 0.15) is 18.3 Å². The van der Waals surface area contributed by atoms with Gasteiger partial charge in [-0.05, 0) is 0 Å². The largest absolute Gasteiger partial charge is 0.477 e. The van der Waals surface area contributed by atoms with Gasteiger partial charge < -0.3 is 35.2 Å². The Hall–Kier alpha value is -1.26. The number of aliphatic hydroxyl groups excluding tert-OH is 3. The molecule has 2 aliphatic heterocycles. The van der Waals surface area contributed by atoms with Crippen LogP contribution >= 0.6 is 0 Å². The molecule has 5 N–H and O–H groups in total. The molecule has 20 heavy (non-hydrogen) atoms. The number of aliphatic carboxylic acids is 1. The molecule has 2 bridgehead atoms. The monoisotopic (exact) mass is 291 g/mol. The second kappa shape index (κ2) is 5.26. The minimum Gasteiger partial charge on any atom is -0.477 e. The summed E-state index contributed by atoms with van der Waals surface area (Å²) in [6.45, 7) is 0.572. The molecule has 0 radical (unpaired) electrons. The van der Waals surface area contributed by atoms with Gasteiger partial charge in [0.25, 0.3) is 5.79 Å². The summed E-state index contributed by atoms with van der Waals surface area (Å²) in [5, 5.41) is 40.3. The third-order valence-corrected chi connectivity index (χ3v) is 3.49. The first-order valence-corrected chi connectivity index (χ1v) is 6.14. The van der Waals surface area contributed by atoms with Gasteiger partial charge in [-0.25, -0.2) is 4.79 Å². The fourth-order valence-corrected chi connectivity index (χ4v) is 2.60. The highest BCUT2D eigenvalue weighted by Crippen LogP contribution is 2.41. The molecule has 2 heterocycles. The smallest absolute Gasteiger partial charge is 0.364 e. The molecular formula is C11H17NO8. The number of carbonyl (C=O) groups is 2. The highest BCUT2D eigenvalue weighted by molar-refractivity contribution is 5.77. The van der Waals surface area contributed by atoms with Gasteiger partial charge in [-0.15, -0.1) is 0 Å². The van der Waals surface area contributed by atoms with Crippen molar-refractivity contribution in [1.29, 1.82) is 0 Å². The van der Waals surface area contributed by atoms with Crippen LogP contribution in [0.3, 0.4) is 0 Å². The van der Waals surface area contributed by atoms with Crippen molar-refractivity contribution >= 4 is 11.9 Å². The van der Waals surface area contributed by atoms with Crippen LogP contribution < -0.4 is 5.32 Å². The van der Waals surface area contributed by atoms with Crippen LogP contribution in [0.1, 0.15) is 13.3 Å². The Morgan fingerprint density at radius 3 is 2.60 bits per heavy atom. The number of hydrogen-bond donors (Lipinski definition) is 5. The summed E-state index contributed by atoms with van der Waals surface area (Å²) in [5.41, 5.74) is 0. The molecular weight excluding hydrogens is 274 g/mol. The van der Waals surface area contributed by atoms with Gasteiger partial charge in [0.15, 0.2) is 0 Å². The molecule has 0 aromatic rings. The van der Waals surface area contributed by atoms with E-state index in [9.17, 15) is 24.9 Å². The Morgan fingerprint density at radius 2 is 2.10 bits per heavy atom. The van der Waals surface area contributed by atoms with Crippen LogP contribution in [0.5, 0.6) is 0 Å². The predicted molar refractivity (Wildman–Crippen MR) is 61.4 cm³/mol. The molecule has 0 aromatic heterocycles. The van der Waals surface area contributed by atoms with Crippen molar-refractivity contribution in [3.8, 4) is 0 Å². The van der Waals surface area contributed by atoms with Gasteiger partial charge in [0, 0.05) is 13.3 Å². The summed E-state index contributed by atoms with van der Waals surface area (Å²) in [5.74, 6) is -3.94. The molecule has 0 aliphatic carbocycles. The summed E-state index contributed by atoms with van der Waals surface area (Å²) in [6, 6.07) is -0.923. The first-order chi connectivity index (χ1) is 9.30. The highest BCUT2D eigenvalue weighted by atomic mass is 16.8. The second-order valence-corrected chi connectivity index (χ2v) is 4.97. The van der Waals surface area contributed by atoms with Crippen molar-refractivity contribution in [3.63, 3.8) is 0 Å². The molecule has 6 atom stereocenters. The molecule has 2 fully saturated rings. The normalized spacial score (nSPS) is 41.2. The number of ether oxygens (including phenoxy) is 2. The van der Waals surface area contributed by atoms with E-state index in [4.69, 9.17) is 14.6 Å². The van der Waals surface area contributed by atoms with E-state index in [0.29, 0.717) is 0 Å². The molecule has 1 amide bonds. The minimum absolute atomic E-state index is 0.390. The van der Waals surface area contributed by atoms with E-state index in [0.717, 1.165) is 0 Å². The summed E-state index contributed by atoms with van der Waals surface area (Å²) in [7, 11) is 0. The number of fused-ring (bicyclic) bond motifs is 2. The van der Waals surface area contributed by atoms with Gasteiger partial charge in [-0.1, -0.05) is 0 Å². The maximum Gasteiger partial charge on any atom is 0.364 e. The van der Waals surface area contributed by atoms with Crippen LogP contribution in [0, 0.1) is 0 Å². The highest BCUT2D eigenvalue weighted by Gasteiger charge is 2.63. The number of rotatable bonds is 4. The van der Waals surface area contributed by atoms with Crippen LogP contribution in [0.15, 0.2) is 0 Å². The summed E-state index contributed by atoms with van der Waals surface area (Å²) < 4.78 is 10.5. The molecule has 6 unspecified atom stereocenters. The minimum atomic E-state index is -2.07. The third-order valence-electron chi connectivity index (χ3n) is 3.49. The van der Waals surface area contributed by atoms with Crippen LogP contribution in [0.4, 0.5) is 0 Å². The molecule has 2 saturated heterocycles. The number of aliphatic hydroxyl groups is 3. The Morgan fingerprint density at radius 1 is 1.45 bits per heavy atom. The maximum absolute atomic E-state index is 11.3. The van der Waals surface area contributed by atoms with Gasteiger partial charge in [0.05, 0.1) is 18.8 Å². The third kappa shape index (κ3) is 2.38. The van der Waals surface area contributed by atoms with Crippen molar-refractivity contribution in [2.75, 3.05) is 6.61 Å². The molecule has 0 aromatic carbocycles. The lowest BCUT2D eigenvalue weighted by Gasteiger charge is -2.37. The van der Waals surface area contributed by atoms with Crippen LogP contribution in [0.25, 0.3) is 0 Å². The average Bonchev–Trinajstić information content (AvgIpc) is 2.70. The number of nitrogens with one attached hydrogen (secondary N) is 1. The zero-order valence-electron chi connectivity index (χ0n) is 10.7. The Bertz CT molecular complexity index is 415. The number of carboxylic acid groups (broad SMARTS) is 1. The lowest BCUT2D eigenvalue weighted by atomic mass is 9.92. The van der Waals surface area contributed by atoms with Gasteiger partial charge >= 0.3 is 5.97 Å². The van der Waals surface area contributed by atoms with Crippen molar-refractivity contribution < 1.29 is 39.5 Å². The fraction of sp³-hybridized carbons (Fsp3) is 0.818. The van der Waals surface area contributed by atoms with E-state index >= 15 is 0 Å². The first kappa shape index (κ1) is 15.1. The van der Waals surface area contributed by atoms with E-state index in [-0.39, 0.29) is 0 Å². The van der Waals surface area contributed by atoms with Crippen molar-refractivity contribution in [3.05, 3.63) is 0 Å². The molecule has 0 saturated carbocycles. The molecule has 9 heteroatoms. The van der Waals surface area contributed by atoms with Crippen molar-refractivity contribution in [2.24, 2.45) is 0 Å². The van der Waals surface area contributed by atoms with E-state index < -0.39 is 61.1 Å². The standard InChI is InChI=1S/C11H17NO8/c1-4(14)12-7-5(15)2-11(10(17)18)19-8(6(16)3-13)9(7)20-11/h5-9,13,15-16H,2-3H2,1H3,(H,12,14)(H,17,18). The lowest BCUT2D eigenvalue weighted by Crippen LogP contribution is -2.60. The van der Waals surface area contributed by atoms with E-state index in [2.05, 4.69) is 5.32 Å². The summed E-state index contributed by atoms with van der Waals surface area (Å²) in [6.07, 6.45) is -5.21. The van der Waals surface area contributed by atoms with E-state index in [1.807, 2.05) is 0 Å². The summed E-state index contributed by atoms with van der Waals surface area (Å²) >= 11 is 0.